The third kappa shape index (κ3) is 3.59. The molecule has 150 valence electrons. The third-order valence-electron chi connectivity index (χ3n) is 5.37. The number of pyridine rings is 2. The van der Waals surface area contributed by atoms with Gasteiger partial charge in [-0.15, -0.1) is 0 Å². The van der Waals surface area contributed by atoms with Gasteiger partial charge in [-0.25, -0.2) is 0 Å². The Balaban J connectivity index is 1.54. The van der Waals surface area contributed by atoms with E-state index < -0.39 is 0 Å². The molecule has 4 aromatic heterocycles. The molecule has 0 bridgehead atoms. The minimum Gasteiger partial charge on any atom is -0.467 e. The van der Waals surface area contributed by atoms with E-state index in [0.717, 1.165) is 27.8 Å². The van der Waals surface area contributed by atoms with E-state index in [1.165, 1.54) is 0 Å². The monoisotopic (exact) mass is 415 g/mol. The van der Waals surface area contributed by atoms with Crippen molar-refractivity contribution in [1.82, 2.24) is 24.8 Å². The lowest BCUT2D eigenvalue weighted by Gasteiger charge is -2.29. The number of nitrogens with one attached hydrogen (secondary N) is 1. The van der Waals surface area contributed by atoms with Gasteiger partial charge in [0, 0.05) is 37.0 Å². The van der Waals surface area contributed by atoms with Gasteiger partial charge >= 0.3 is 0 Å². The Morgan fingerprint density at radius 3 is 2.63 bits per heavy atom. The zero-order valence-electron chi connectivity index (χ0n) is 16.3. The first kappa shape index (κ1) is 18.6. The van der Waals surface area contributed by atoms with Crippen molar-refractivity contribution in [3.8, 4) is 0 Å². The number of nitrogens with zero attached hydrogens (tertiary/aromatic N) is 4. The SMILES string of the molecule is S=C1N[C@@H](c2ccccn2)[C@H](c2cccn2Cc2ccco2)N1Cc1ccncc1. The number of aromatic nitrogens is 3. The molecule has 0 aromatic carbocycles. The molecule has 2 atom stereocenters. The molecule has 1 fully saturated rings. The van der Waals surface area contributed by atoms with Crippen molar-refractivity contribution in [2.24, 2.45) is 0 Å². The Morgan fingerprint density at radius 1 is 0.967 bits per heavy atom. The minimum atomic E-state index is -0.0502. The van der Waals surface area contributed by atoms with Crippen molar-refractivity contribution in [3.63, 3.8) is 0 Å². The molecule has 7 heteroatoms. The van der Waals surface area contributed by atoms with Crippen LogP contribution in [0.15, 0.2) is 90.1 Å². The Bertz CT molecular complexity index is 1110. The van der Waals surface area contributed by atoms with Gasteiger partial charge in [0.2, 0.25) is 0 Å². The van der Waals surface area contributed by atoms with Crippen molar-refractivity contribution >= 4 is 17.3 Å². The first-order chi connectivity index (χ1) is 14.8. The standard InChI is InChI=1S/C23H21N5OS/c30-23-26-21(19-6-1-2-10-25-19)22(28(23)15-17-8-11-24-12-9-17)20-7-3-13-27(20)16-18-5-4-14-29-18/h1-14,21-22H,15-16H2,(H,26,30)/t21-,22-/m0/s1. The highest BCUT2D eigenvalue weighted by atomic mass is 32.1. The summed E-state index contributed by atoms with van der Waals surface area (Å²) < 4.78 is 7.80. The van der Waals surface area contributed by atoms with Crippen molar-refractivity contribution < 1.29 is 4.42 Å². The first-order valence-electron chi connectivity index (χ1n) is 9.84. The fraction of sp³-hybridized carbons (Fsp3) is 0.174. The van der Waals surface area contributed by atoms with Crippen molar-refractivity contribution in [1.29, 1.82) is 0 Å². The van der Waals surface area contributed by atoms with E-state index in [0.29, 0.717) is 13.1 Å². The predicted molar refractivity (Wildman–Crippen MR) is 117 cm³/mol. The zero-order chi connectivity index (χ0) is 20.3. The van der Waals surface area contributed by atoms with Crippen LogP contribution in [0.25, 0.3) is 0 Å². The van der Waals surface area contributed by atoms with Crippen LogP contribution in [0, 0.1) is 0 Å². The zero-order valence-corrected chi connectivity index (χ0v) is 17.1. The van der Waals surface area contributed by atoms with Gasteiger partial charge in [-0.3, -0.25) is 9.97 Å². The number of furan rings is 1. The maximum atomic E-state index is 5.77. The van der Waals surface area contributed by atoms with Crippen LogP contribution < -0.4 is 5.32 Å². The summed E-state index contributed by atoms with van der Waals surface area (Å²) in [5.74, 6) is 0.913. The molecular weight excluding hydrogens is 394 g/mol. The lowest BCUT2D eigenvalue weighted by atomic mass is 10.0. The van der Waals surface area contributed by atoms with Crippen LogP contribution in [0.5, 0.6) is 0 Å². The van der Waals surface area contributed by atoms with Gasteiger partial charge in [0.1, 0.15) is 5.76 Å². The normalized spacial score (nSPS) is 18.5. The summed E-state index contributed by atoms with van der Waals surface area (Å²) >= 11 is 5.77. The third-order valence-corrected chi connectivity index (χ3v) is 5.73. The van der Waals surface area contributed by atoms with Crippen LogP contribution in [0.2, 0.25) is 0 Å². The Kier molecular flexibility index (Phi) is 5.03. The maximum Gasteiger partial charge on any atom is 0.170 e. The van der Waals surface area contributed by atoms with Gasteiger partial charge in [0.15, 0.2) is 5.11 Å². The topological polar surface area (TPSA) is 59.1 Å². The summed E-state index contributed by atoms with van der Waals surface area (Å²) in [5, 5.41) is 4.23. The molecule has 4 aromatic rings. The largest absolute Gasteiger partial charge is 0.467 e. The molecule has 0 amide bonds. The fourth-order valence-electron chi connectivity index (χ4n) is 3.99. The van der Waals surface area contributed by atoms with Crippen LogP contribution in [0.4, 0.5) is 0 Å². The smallest absolute Gasteiger partial charge is 0.170 e. The molecular formula is C23H21N5OS. The highest BCUT2D eigenvalue weighted by molar-refractivity contribution is 7.80. The highest BCUT2D eigenvalue weighted by Crippen LogP contribution is 2.39. The van der Waals surface area contributed by atoms with Gasteiger partial charge in [-0.1, -0.05) is 6.07 Å². The minimum absolute atomic E-state index is 0.00877. The summed E-state index contributed by atoms with van der Waals surface area (Å²) in [6.45, 7) is 1.35. The van der Waals surface area contributed by atoms with Gasteiger partial charge in [-0.2, -0.15) is 0 Å². The van der Waals surface area contributed by atoms with Crippen LogP contribution in [-0.2, 0) is 13.1 Å². The fourth-order valence-corrected chi connectivity index (χ4v) is 4.30. The molecule has 5 heterocycles. The van der Waals surface area contributed by atoms with Gasteiger partial charge in [0.05, 0.1) is 30.6 Å². The molecule has 0 radical (unpaired) electrons. The van der Waals surface area contributed by atoms with E-state index >= 15 is 0 Å². The number of rotatable bonds is 6. The average molecular weight is 416 g/mol. The molecule has 5 rings (SSSR count). The second-order valence-electron chi connectivity index (χ2n) is 7.25. The van der Waals surface area contributed by atoms with Crippen LogP contribution >= 0.6 is 12.2 Å². The number of thiocarbonyl (C=S) groups is 1. The summed E-state index contributed by atoms with van der Waals surface area (Å²) in [7, 11) is 0. The average Bonchev–Trinajstić information content (AvgIpc) is 3.52. The molecule has 1 saturated heterocycles. The van der Waals surface area contributed by atoms with Gasteiger partial charge in [-0.05, 0) is 66.3 Å². The molecule has 1 aliphatic rings. The molecule has 30 heavy (non-hydrogen) atoms. The summed E-state index contributed by atoms with van der Waals surface area (Å²) in [6, 6.07) is 18.1. The first-order valence-corrected chi connectivity index (χ1v) is 10.2. The Morgan fingerprint density at radius 2 is 1.87 bits per heavy atom. The van der Waals surface area contributed by atoms with Crippen LogP contribution in [-0.4, -0.2) is 24.5 Å². The highest BCUT2D eigenvalue weighted by Gasteiger charge is 2.41. The van der Waals surface area contributed by atoms with E-state index in [-0.39, 0.29) is 12.1 Å². The lowest BCUT2D eigenvalue weighted by Crippen LogP contribution is -2.30. The van der Waals surface area contributed by atoms with Gasteiger partial charge in [0.25, 0.3) is 0 Å². The number of hydrogen-bond acceptors (Lipinski definition) is 4. The van der Waals surface area contributed by atoms with E-state index in [1.807, 2.05) is 61.1 Å². The lowest BCUT2D eigenvalue weighted by molar-refractivity contribution is 0.296. The van der Waals surface area contributed by atoms with E-state index in [4.69, 9.17) is 16.6 Å². The maximum absolute atomic E-state index is 5.77. The number of hydrogen-bond donors (Lipinski definition) is 1. The second kappa shape index (κ2) is 8.12. The Labute approximate surface area is 180 Å². The molecule has 0 saturated carbocycles. The summed E-state index contributed by atoms with van der Waals surface area (Å²) in [5.41, 5.74) is 3.28. The molecule has 6 nitrogen and oxygen atoms in total. The molecule has 0 unspecified atom stereocenters. The molecule has 1 aliphatic heterocycles. The van der Waals surface area contributed by atoms with Crippen molar-refractivity contribution in [2.75, 3.05) is 0 Å². The predicted octanol–water partition coefficient (Wildman–Crippen LogP) is 4.09. The molecule has 1 N–H and O–H groups in total. The summed E-state index contributed by atoms with van der Waals surface area (Å²) in [6.07, 6.45) is 9.24. The Hall–Kier alpha value is -3.45. The van der Waals surface area contributed by atoms with E-state index in [1.54, 1.807) is 6.26 Å². The van der Waals surface area contributed by atoms with Crippen molar-refractivity contribution in [2.45, 2.75) is 25.2 Å². The second-order valence-corrected chi connectivity index (χ2v) is 7.64. The quantitative estimate of drug-likeness (QED) is 0.479. The van der Waals surface area contributed by atoms with Crippen molar-refractivity contribution in [3.05, 3.63) is 108 Å². The van der Waals surface area contributed by atoms with Crippen LogP contribution in [0.1, 0.15) is 34.8 Å². The van der Waals surface area contributed by atoms with Gasteiger partial charge < -0.3 is 19.2 Å². The summed E-state index contributed by atoms with van der Waals surface area (Å²) in [4.78, 5) is 11.0. The molecule has 0 aliphatic carbocycles. The van der Waals surface area contributed by atoms with Crippen LogP contribution in [0.3, 0.4) is 0 Å². The van der Waals surface area contributed by atoms with E-state index in [9.17, 15) is 0 Å². The molecule has 0 spiro atoms. The van der Waals surface area contributed by atoms with E-state index in [2.05, 4.69) is 43.1 Å².